The first kappa shape index (κ1) is 17.4. The SMILES string of the molecule is CC(=O)N1CCc2ccc(S(=O)(=O)N3CCOCC3(C)C)cc2C1. The van der Waals surface area contributed by atoms with Gasteiger partial charge in [-0.3, -0.25) is 4.79 Å². The van der Waals surface area contributed by atoms with Crippen LogP contribution in [0.3, 0.4) is 0 Å². The Balaban J connectivity index is 1.95. The summed E-state index contributed by atoms with van der Waals surface area (Å²) in [4.78, 5) is 13.6. The summed E-state index contributed by atoms with van der Waals surface area (Å²) >= 11 is 0. The molecule has 0 spiro atoms. The number of ether oxygens (including phenoxy) is 1. The van der Waals surface area contributed by atoms with Crippen LogP contribution in [0, 0.1) is 0 Å². The lowest BCUT2D eigenvalue weighted by molar-refractivity contribution is -0.129. The summed E-state index contributed by atoms with van der Waals surface area (Å²) in [6.07, 6.45) is 0.762. The van der Waals surface area contributed by atoms with E-state index >= 15 is 0 Å². The Kier molecular flexibility index (Phi) is 4.44. The molecule has 1 fully saturated rings. The minimum atomic E-state index is -3.59. The fourth-order valence-corrected chi connectivity index (χ4v) is 5.18. The van der Waals surface area contributed by atoms with Crippen LogP contribution in [0.15, 0.2) is 23.1 Å². The number of benzene rings is 1. The van der Waals surface area contributed by atoms with E-state index in [2.05, 4.69) is 0 Å². The first-order chi connectivity index (χ1) is 11.2. The number of morpholine rings is 1. The molecule has 7 heteroatoms. The van der Waals surface area contributed by atoms with Crippen molar-refractivity contribution in [3.8, 4) is 0 Å². The Bertz CT molecular complexity index is 758. The lowest BCUT2D eigenvalue weighted by Gasteiger charge is -2.41. The minimum absolute atomic E-state index is 0.0169. The van der Waals surface area contributed by atoms with Crippen molar-refractivity contribution in [2.75, 3.05) is 26.3 Å². The van der Waals surface area contributed by atoms with Crippen LogP contribution < -0.4 is 0 Å². The molecule has 1 aromatic carbocycles. The Morgan fingerprint density at radius 1 is 1.21 bits per heavy atom. The van der Waals surface area contributed by atoms with Gasteiger partial charge in [-0.25, -0.2) is 8.42 Å². The Hall–Kier alpha value is -1.44. The van der Waals surface area contributed by atoms with Gasteiger partial charge in [0.05, 0.1) is 23.6 Å². The molecule has 0 aromatic heterocycles. The third-order valence-electron chi connectivity index (χ3n) is 4.79. The molecule has 6 nitrogen and oxygen atoms in total. The summed E-state index contributed by atoms with van der Waals surface area (Å²) < 4.78 is 33.1. The van der Waals surface area contributed by atoms with E-state index in [1.165, 1.54) is 4.31 Å². The lowest BCUT2D eigenvalue weighted by Crippen LogP contribution is -2.55. The van der Waals surface area contributed by atoms with Crippen molar-refractivity contribution in [2.24, 2.45) is 0 Å². The molecule has 1 saturated heterocycles. The van der Waals surface area contributed by atoms with E-state index in [1.54, 1.807) is 24.0 Å². The molecule has 132 valence electrons. The van der Waals surface area contributed by atoms with Gasteiger partial charge in [0.1, 0.15) is 0 Å². The predicted molar refractivity (Wildman–Crippen MR) is 90.0 cm³/mol. The van der Waals surface area contributed by atoms with Gasteiger partial charge in [-0.15, -0.1) is 0 Å². The van der Waals surface area contributed by atoms with Gasteiger partial charge in [-0.05, 0) is 43.5 Å². The average molecular weight is 352 g/mol. The van der Waals surface area contributed by atoms with Crippen molar-refractivity contribution in [1.29, 1.82) is 0 Å². The Morgan fingerprint density at radius 2 is 1.96 bits per heavy atom. The highest BCUT2D eigenvalue weighted by Crippen LogP contribution is 2.29. The number of nitrogens with zero attached hydrogens (tertiary/aromatic N) is 2. The van der Waals surface area contributed by atoms with Crippen LogP contribution in [-0.4, -0.2) is 55.4 Å². The summed E-state index contributed by atoms with van der Waals surface area (Å²) in [5.41, 5.74) is 1.47. The molecule has 0 N–H and O–H groups in total. The van der Waals surface area contributed by atoms with Crippen molar-refractivity contribution < 1.29 is 17.9 Å². The number of amides is 1. The van der Waals surface area contributed by atoms with Gasteiger partial charge in [0.2, 0.25) is 15.9 Å². The maximum absolute atomic E-state index is 13.1. The number of carbonyl (C=O) groups is 1. The van der Waals surface area contributed by atoms with Gasteiger partial charge < -0.3 is 9.64 Å². The second kappa shape index (κ2) is 6.13. The summed E-state index contributed by atoms with van der Waals surface area (Å²) in [6, 6.07) is 5.29. The van der Waals surface area contributed by atoms with Gasteiger partial charge in [-0.2, -0.15) is 4.31 Å². The van der Waals surface area contributed by atoms with Crippen molar-refractivity contribution in [3.63, 3.8) is 0 Å². The van der Waals surface area contributed by atoms with E-state index in [4.69, 9.17) is 4.74 Å². The third kappa shape index (κ3) is 3.08. The lowest BCUT2D eigenvalue weighted by atomic mass is 10.00. The maximum atomic E-state index is 13.1. The largest absolute Gasteiger partial charge is 0.378 e. The fourth-order valence-electron chi connectivity index (χ4n) is 3.38. The molecule has 0 saturated carbocycles. The highest BCUT2D eigenvalue weighted by atomic mass is 32.2. The van der Waals surface area contributed by atoms with Gasteiger partial charge in [0, 0.05) is 26.6 Å². The zero-order valence-corrected chi connectivity index (χ0v) is 15.2. The molecule has 1 amide bonds. The van der Waals surface area contributed by atoms with Crippen molar-refractivity contribution in [2.45, 2.75) is 44.2 Å². The summed E-state index contributed by atoms with van der Waals surface area (Å²) in [6.45, 7) is 7.60. The Morgan fingerprint density at radius 3 is 2.62 bits per heavy atom. The van der Waals surface area contributed by atoms with Gasteiger partial charge in [0.15, 0.2) is 0 Å². The maximum Gasteiger partial charge on any atom is 0.243 e. The molecule has 0 bridgehead atoms. The predicted octanol–water partition coefficient (Wildman–Crippen LogP) is 1.39. The second-order valence-electron chi connectivity index (χ2n) is 7.06. The van der Waals surface area contributed by atoms with E-state index in [9.17, 15) is 13.2 Å². The van der Waals surface area contributed by atoms with Gasteiger partial charge in [0.25, 0.3) is 0 Å². The molecule has 0 unspecified atom stereocenters. The first-order valence-electron chi connectivity index (χ1n) is 8.20. The highest BCUT2D eigenvalue weighted by molar-refractivity contribution is 7.89. The van der Waals surface area contributed by atoms with Gasteiger partial charge in [-0.1, -0.05) is 6.07 Å². The smallest absolute Gasteiger partial charge is 0.243 e. The monoisotopic (exact) mass is 352 g/mol. The second-order valence-corrected chi connectivity index (χ2v) is 8.93. The van der Waals surface area contributed by atoms with Crippen LogP contribution in [0.4, 0.5) is 0 Å². The Labute approximate surface area is 143 Å². The molecule has 24 heavy (non-hydrogen) atoms. The molecule has 2 aliphatic rings. The van der Waals surface area contributed by atoms with Crippen LogP contribution in [0.5, 0.6) is 0 Å². The van der Waals surface area contributed by atoms with Gasteiger partial charge >= 0.3 is 0 Å². The van der Waals surface area contributed by atoms with E-state index in [1.807, 2.05) is 19.9 Å². The van der Waals surface area contributed by atoms with Crippen LogP contribution in [0.1, 0.15) is 31.9 Å². The number of rotatable bonds is 2. The molecule has 0 aliphatic carbocycles. The average Bonchev–Trinajstić information content (AvgIpc) is 2.53. The van der Waals surface area contributed by atoms with Crippen LogP contribution in [0.2, 0.25) is 0 Å². The molecule has 2 heterocycles. The van der Waals surface area contributed by atoms with Crippen LogP contribution >= 0.6 is 0 Å². The first-order valence-corrected chi connectivity index (χ1v) is 9.64. The van der Waals surface area contributed by atoms with E-state index in [0.29, 0.717) is 37.7 Å². The van der Waals surface area contributed by atoms with Crippen LogP contribution in [-0.2, 0) is 32.5 Å². The summed E-state index contributed by atoms with van der Waals surface area (Å²) in [5.74, 6) is 0.0169. The number of sulfonamides is 1. The molecular formula is C17H24N2O4S. The summed E-state index contributed by atoms with van der Waals surface area (Å²) in [5, 5.41) is 0. The van der Waals surface area contributed by atoms with E-state index in [0.717, 1.165) is 17.5 Å². The number of hydrogen-bond acceptors (Lipinski definition) is 4. The number of hydrogen-bond donors (Lipinski definition) is 0. The topological polar surface area (TPSA) is 66.9 Å². The number of carbonyl (C=O) groups excluding carboxylic acids is 1. The molecule has 0 radical (unpaired) electrons. The standard InChI is InChI=1S/C17H24N2O4S/c1-13(20)18-7-6-14-4-5-16(10-15(14)11-18)24(21,22)19-8-9-23-12-17(19,2)3/h4-5,10H,6-9,11-12H2,1-3H3. The molecule has 3 rings (SSSR count). The quantitative estimate of drug-likeness (QED) is 0.807. The van der Waals surface area contributed by atoms with Crippen molar-refractivity contribution >= 4 is 15.9 Å². The number of fused-ring (bicyclic) bond motifs is 1. The molecule has 0 atom stereocenters. The van der Waals surface area contributed by atoms with Crippen LogP contribution in [0.25, 0.3) is 0 Å². The zero-order valence-electron chi connectivity index (χ0n) is 14.4. The fraction of sp³-hybridized carbons (Fsp3) is 0.588. The van der Waals surface area contributed by atoms with Crippen molar-refractivity contribution in [1.82, 2.24) is 9.21 Å². The normalized spacial score (nSPS) is 21.4. The third-order valence-corrected chi connectivity index (χ3v) is 6.90. The summed E-state index contributed by atoms with van der Waals surface area (Å²) in [7, 11) is -3.59. The highest BCUT2D eigenvalue weighted by Gasteiger charge is 2.40. The van der Waals surface area contributed by atoms with E-state index in [-0.39, 0.29) is 5.91 Å². The molecule has 2 aliphatic heterocycles. The molecular weight excluding hydrogens is 328 g/mol. The van der Waals surface area contributed by atoms with E-state index < -0.39 is 15.6 Å². The zero-order chi connectivity index (χ0) is 17.5. The minimum Gasteiger partial charge on any atom is -0.378 e. The van der Waals surface area contributed by atoms with Crippen molar-refractivity contribution in [3.05, 3.63) is 29.3 Å². The molecule has 1 aromatic rings.